The molecule has 0 saturated heterocycles. The van der Waals surface area contributed by atoms with Gasteiger partial charge in [0.05, 0.1) is 0 Å². The number of unbranched alkanes of at least 4 members (excludes halogenated alkanes) is 1. The molecule has 2 aromatic heterocycles. The standard InChI is InChI=1S/C23H23ClN6/c1-3-4-5-16-7-10-17(11-8-16)28-23-29-21-20(25-12-13-26-21)22(30-23)27-18-9-6-15(2)19(24)14-18/h6-14H,3-5H2,1-2H3,(H2,26,27,28,29,30). The fourth-order valence-corrected chi connectivity index (χ4v) is 3.26. The molecule has 0 spiro atoms. The zero-order chi connectivity index (χ0) is 20.9. The van der Waals surface area contributed by atoms with Gasteiger partial charge < -0.3 is 10.6 Å². The number of rotatable bonds is 7. The van der Waals surface area contributed by atoms with Crippen LogP contribution < -0.4 is 10.6 Å². The van der Waals surface area contributed by atoms with Crippen molar-refractivity contribution in [2.45, 2.75) is 33.1 Å². The minimum absolute atomic E-state index is 0.449. The number of hydrogen-bond acceptors (Lipinski definition) is 6. The highest BCUT2D eigenvalue weighted by atomic mass is 35.5. The first kappa shape index (κ1) is 20.0. The lowest BCUT2D eigenvalue weighted by molar-refractivity contribution is 0.795. The van der Waals surface area contributed by atoms with Gasteiger partial charge in [-0.2, -0.15) is 9.97 Å². The maximum Gasteiger partial charge on any atom is 0.231 e. The van der Waals surface area contributed by atoms with E-state index in [-0.39, 0.29) is 0 Å². The Kier molecular flexibility index (Phi) is 6.05. The van der Waals surface area contributed by atoms with Gasteiger partial charge in [0.25, 0.3) is 0 Å². The van der Waals surface area contributed by atoms with Gasteiger partial charge in [-0.1, -0.05) is 43.1 Å². The average Bonchev–Trinajstić information content (AvgIpc) is 2.76. The third-order valence-electron chi connectivity index (χ3n) is 4.80. The van der Waals surface area contributed by atoms with E-state index in [1.54, 1.807) is 12.4 Å². The second-order valence-electron chi connectivity index (χ2n) is 7.14. The summed E-state index contributed by atoms with van der Waals surface area (Å²) in [4.78, 5) is 17.9. The van der Waals surface area contributed by atoms with Crippen molar-refractivity contribution in [3.8, 4) is 0 Å². The van der Waals surface area contributed by atoms with Crippen molar-refractivity contribution in [3.05, 3.63) is 71.0 Å². The highest BCUT2D eigenvalue weighted by molar-refractivity contribution is 6.31. The molecule has 2 heterocycles. The molecule has 0 radical (unpaired) electrons. The summed E-state index contributed by atoms with van der Waals surface area (Å²) >= 11 is 6.27. The van der Waals surface area contributed by atoms with E-state index < -0.39 is 0 Å². The number of nitrogens with zero attached hydrogens (tertiary/aromatic N) is 4. The molecule has 4 rings (SSSR count). The van der Waals surface area contributed by atoms with E-state index >= 15 is 0 Å². The molecule has 2 N–H and O–H groups in total. The molecule has 0 amide bonds. The molecule has 7 heteroatoms. The van der Waals surface area contributed by atoms with Crippen LogP contribution in [0.25, 0.3) is 11.2 Å². The van der Waals surface area contributed by atoms with Crippen molar-refractivity contribution in [2.24, 2.45) is 0 Å². The number of hydrogen-bond donors (Lipinski definition) is 2. The number of anilines is 4. The van der Waals surface area contributed by atoms with E-state index in [1.165, 1.54) is 18.4 Å². The molecule has 0 aliphatic heterocycles. The van der Waals surface area contributed by atoms with Gasteiger partial charge in [-0.3, -0.25) is 0 Å². The first-order chi connectivity index (χ1) is 14.6. The van der Waals surface area contributed by atoms with Crippen LogP contribution in [-0.4, -0.2) is 19.9 Å². The second kappa shape index (κ2) is 9.05. The van der Waals surface area contributed by atoms with E-state index in [0.29, 0.717) is 28.0 Å². The van der Waals surface area contributed by atoms with Crippen LogP contribution in [0.2, 0.25) is 5.02 Å². The summed E-state index contributed by atoms with van der Waals surface area (Å²) in [5, 5.41) is 7.25. The molecular formula is C23H23ClN6. The number of aryl methyl sites for hydroxylation is 2. The maximum absolute atomic E-state index is 6.27. The van der Waals surface area contributed by atoms with Gasteiger partial charge in [0.15, 0.2) is 17.0 Å². The van der Waals surface area contributed by atoms with Crippen molar-refractivity contribution in [3.63, 3.8) is 0 Å². The van der Waals surface area contributed by atoms with Gasteiger partial charge in [0.2, 0.25) is 5.95 Å². The largest absolute Gasteiger partial charge is 0.338 e. The molecule has 0 aliphatic carbocycles. The molecule has 0 bridgehead atoms. The number of fused-ring (bicyclic) bond motifs is 1. The Balaban J connectivity index is 1.63. The summed E-state index contributed by atoms with van der Waals surface area (Å²) in [6, 6.07) is 14.1. The number of aromatic nitrogens is 4. The van der Waals surface area contributed by atoms with Crippen molar-refractivity contribution in [1.29, 1.82) is 0 Å². The lowest BCUT2D eigenvalue weighted by atomic mass is 10.1. The quantitative estimate of drug-likeness (QED) is 0.371. The minimum atomic E-state index is 0.449. The van der Waals surface area contributed by atoms with Crippen molar-refractivity contribution in [2.75, 3.05) is 10.6 Å². The van der Waals surface area contributed by atoms with Gasteiger partial charge in [-0.05, 0) is 55.2 Å². The van der Waals surface area contributed by atoms with E-state index in [4.69, 9.17) is 11.6 Å². The van der Waals surface area contributed by atoms with Crippen LogP contribution in [0.5, 0.6) is 0 Å². The maximum atomic E-state index is 6.27. The molecule has 152 valence electrons. The van der Waals surface area contributed by atoms with Crippen LogP contribution in [0.15, 0.2) is 54.9 Å². The first-order valence-electron chi connectivity index (χ1n) is 10.0. The van der Waals surface area contributed by atoms with Gasteiger partial charge in [0, 0.05) is 28.8 Å². The molecule has 4 aromatic rings. The van der Waals surface area contributed by atoms with Gasteiger partial charge in [0.1, 0.15) is 0 Å². The second-order valence-corrected chi connectivity index (χ2v) is 7.55. The summed E-state index contributed by atoms with van der Waals surface area (Å²) in [6.07, 6.45) is 6.71. The molecule has 2 aromatic carbocycles. The molecule has 0 saturated carbocycles. The van der Waals surface area contributed by atoms with Crippen LogP contribution >= 0.6 is 11.6 Å². The fourth-order valence-electron chi connectivity index (χ4n) is 3.08. The first-order valence-corrected chi connectivity index (χ1v) is 10.4. The molecule has 0 aliphatic rings. The molecule has 6 nitrogen and oxygen atoms in total. The highest BCUT2D eigenvalue weighted by Crippen LogP contribution is 2.26. The van der Waals surface area contributed by atoms with E-state index in [2.05, 4.69) is 49.6 Å². The summed E-state index contributed by atoms with van der Waals surface area (Å²) in [6.45, 7) is 4.17. The Morgan fingerprint density at radius 2 is 1.67 bits per heavy atom. The van der Waals surface area contributed by atoms with Crippen LogP contribution in [0.3, 0.4) is 0 Å². The highest BCUT2D eigenvalue weighted by Gasteiger charge is 2.11. The Hall–Kier alpha value is -3.25. The Morgan fingerprint density at radius 1 is 0.900 bits per heavy atom. The number of halogens is 1. The molecule has 30 heavy (non-hydrogen) atoms. The number of benzene rings is 2. The predicted molar refractivity (Wildman–Crippen MR) is 123 cm³/mol. The monoisotopic (exact) mass is 418 g/mol. The van der Waals surface area contributed by atoms with Gasteiger partial charge in [-0.25, -0.2) is 9.97 Å². The summed E-state index contributed by atoms with van der Waals surface area (Å²) in [7, 11) is 0. The molecule has 0 atom stereocenters. The summed E-state index contributed by atoms with van der Waals surface area (Å²) < 4.78 is 0. The normalized spacial score (nSPS) is 10.9. The average molecular weight is 419 g/mol. The topological polar surface area (TPSA) is 75.6 Å². The Morgan fingerprint density at radius 3 is 2.43 bits per heavy atom. The molecule has 0 unspecified atom stereocenters. The van der Waals surface area contributed by atoms with Crippen molar-refractivity contribution < 1.29 is 0 Å². The zero-order valence-electron chi connectivity index (χ0n) is 17.0. The lowest BCUT2D eigenvalue weighted by Crippen LogP contribution is -2.04. The third kappa shape index (κ3) is 4.66. The van der Waals surface area contributed by atoms with Crippen LogP contribution in [-0.2, 0) is 6.42 Å². The summed E-state index contributed by atoms with van der Waals surface area (Å²) in [5.74, 6) is 1.01. The molecule has 0 fully saturated rings. The number of nitrogens with one attached hydrogen (secondary N) is 2. The van der Waals surface area contributed by atoms with Gasteiger partial charge >= 0.3 is 0 Å². The van der Waals surface area contributed by atoms with Crippen molar-refractivity contribution in [1.82, 2.24) is 19.9 Å². The molecular weight excluding hydrogens is 396 g/mol. The van der Waals surface area contributed by atoms with Gasteiger partial charge in [-0.15, -0.1) is 0 Å². The minimum Gasteiger partial charge on any atom is -0.338 e. The SMILES string of the molecule is CCCCc1ccc(Nc2nc(Nc3ccc(C)c(Cl)c3)c3nccnc3n2)cc1. The van der Waals surface area contributed by atoms with Crippen LogP contribution in [0.4, 0.5) is 23.1 Å². The Labute approximate surface area is 180 Å². The van der Waals surface area contributed by atoms with E-state index in [0.717, 1.165) is 23.4 Å². The fraction of sp³-hybridized carbons (Fsp3) is 0.217. The van der Waals surface area contributed by atoms with Crippen molar-refractivity contribution >= 4 is 45.9 Å². The predicted octanol–water partition coefficient (Wildman–Crippen LogP) is 6.21. The van der Waals surface area contributed by atoms with Crippen LogP contribution in [0, 0.1) is 6.92 Å². The van der Waals surface area contributed by atoms with Crippen LogP contribution in [0.1, 0.15) is 30.9 Å². The van der Waals surface area contributed by atoms with E-state index in [1.807, 2.05) is 37.3 Å². The smallest absolute Gasteiger partial charge is 0.231 e. The summed E-state index contributed by atoms with van der Waals surface area (Å²) in [5.41, 5.74) is 5.18. The van der Waals surface area contributed by atoms with E-state index in [9.17, 15) is 0 Å². The Bertz CT molecular complexity index is 1160. The zero-order valence-corrected chi connectivity index (χ0v) is 17.7. The lowest BCUT2D eigenvalue weighted by Gasteiger charge is -2.12. The third-order valence-corrected chi connectivity index (χ3v) is 5.20.